The highest BCUT2D eigenvalue weighted by molar-refractivity contribution is 7.86. The molecule has 0 bridgehead atoms. The summed E-state index contributed by atoms with van der Waals surface area (Å²) < 4.78 is 34.7. The summed E-state index contributed by atoms with van der Waals surface area (Å²) in [5.41, 5.74) is 3.62. The molecule has 24 heavy (non-hydrogen) atoms. The van der Waals surface area contributed by atoms with Gasteiger partial charge in [-0.15, -0.1) is 0 Å². The fourth-order valence-electron chi connectivity index (χ4n) is 2.69. The minimum atomic E-state index is -3.91. The summed E-state index contributed by atoms with van der Waals surface area (Å²) in [4.78, 5) is 0.0964. The Bertz CT molecular complexity index is 870. The van der Waals surface area contributed by atoms with Crippen LogP contribution in [-0.4, -0.2) is 21.2 Å². The summed E-state index contributed by atoms with van der Waals surface area (Å²) >= 11 is 0. The first-order valence-corrected chi connectivity index (χ1v) is 9.15. The Morgan fingerprint density at radius 2 is 1.79 bits per heavy atom. The van der Waals surface area contributed by atoms with Crippen LogP contribution in [0, 0.1) is 6.92 Å². The number of aryl methyl sites for hydroxylation is 2. The van der Waals surface area contributed by atoms with Crippen molar-refractivity contribution in [3.8, 4) is 5.75 Å². The van der Waals surface area contributed by atoms with Crippen molar-refractivity contribution < 1.29 is 17.4 Å². The van der Waals surface area contributed by atoms with Gasteiger partial charge in [-0.25, -0.2) is 0 Å². The maximum absolute atomic E-state index is 12.3. The minimum Gasteiger partial charge on any atom is -0.497 e. The molecule has 6 heteroatoms. The van der Waals surface area contributed by atoms with Crippen LogP contribution < -0.4 is 4.74 Å². The fraction of sp³-hybridized carbons (Fsp3) is 0.278. The van der Waals surface area contributed by atoms with Gasteiger partial charge in [0, 0.05) is 5.56 Å². The quantitative estimate of drug-likeness (QED) is 0.796. The van der Waals surface area contributed by atoms with E-state index in [0.717, 1.165) is 29.5 Å². The van der Waals surface area contributed by atoms with E-state index in [9.17, 15) is 8.42 Å². The van der Waals surface area contributed by atoms with Crippen LogP contribution in [0.25, 0.3) is 0 Å². The van der Waals surface area contributed by atoms with Gasteiger partial charge in [0.25, 0.3) is 0 Å². The zero-order valence-electron chi connectivity index (χ0n) is 13.7. The number of oxime groups is 1. The van der Waals surface area contributed by atoms with Crippen LogP contribution in [0.15, 0.2) is 52.5 Å². The third kappa shape index (κ3) is 3.43. The van der Waals surface area contributed by atoms with E-state index in [4.69, 9.17) is 9.02 Å². The Balaban J connectivity index is 1.89. The van der Waals surface area contributed by atoms with Gasteiger partial charge >= 0.3 is 10.1 Å². The van der Waals surface area contributed by atoms with E-state index >= 15 is 0 Å². The predicted molar refractivity (Wildman–Crippen MR) is 91.9 cm³/mol. The standard InChI is InChI=1S/C18H19NO4S/c1-13-6-10-16(11-7-13)24(20,21)23-19-18-5-3-4-14-8-9-15(22-2)12-17(14)18/h6-12H,3-5H2,1-2H3. The normalized spacial score (nSPS) is 15.8. The number of nitrogens with zero attached hydrogens (tertiary/aromatic N) is 1. The first-order chi connectivity index (χ1) is 11.5. The number of ether oxygens (including phenoxy) is 1. The Kier molecular flexibility index (Phi) is 4.57. The van der Waals surface area contributed by atoms with Crippen molar-refractivity contribution in [1.29, 1.82) is 0 Å². The molecule has 0 atom stereocenters. The van der Waals surface area contributed by atoms with Crippen LogP contribution in [0.2, 0.25) is 0 Å². The van der Waals surface area contributed by atoms with Gasteiger partial charge in [0.15, 0.2) is 0 Å². The maximum atomic E-state index is 12.3. The lowest BCUT2D eigenvalue weighted by Gasteiger charge is -2.18. The molecule has 0 spiro atoms. The zero-order chi connectivity index (χ0) is 17.2. The van der Waals surface area contributed by atoms with Crippen molar-refractivity contribution in [1.82, 2.24) is 0 Å². The van der Waals surface area contributed by atoms with Crippen molar-refractivity contribution in [2.45, 2.75) is 31.1 Å². The maximum Gasteiger partial charge on any atom is 0.358 e. The second-order valence-corrected chi connectivity index (χ2v) is 7.29. The molecule has 2 aromatic carbocycles. The van der Waals surface area contributed by atoms with Gasteiger partial charge in [-0.3, -0.25) is 4.28 Å². The summed E-state index contributed by atoms with van der Waals surface area (Å²) in [5, 5.41) is 3.94. The highest BCUT2D eigenvalue weighted by Gasteiger charge is 2.20. The zero-order valence-corrected chi connectivity index (χ0v) is 14.5. The lowest BCUT2D eigenvalue weighted by molar-refractivity contribution is 0.337. The van der Waals surface area contributed by atoms with Gasteiger partial charge in [0.05, 0.1) is 12.8 Å². The molecule has 0 fully saturated rings. The molecule has 0 unspecified atom stereocenters. The molecule has 0 aliphatic heterocycles. The summed E-state index contributed by atoms with van der Waals surface area (Å²) in [5.74, 6) is 0.713. The van der Waals surface area contributed by atoms with Gasteiger partial charge in [0.2, 0.25) is 0 Å². The number of fused-ring (bicyclic) bond motifs is 1. The molecule has 0 saturated carbocycles. The largest absolute Gasteiger partial charge is 0.497 e. The number of benzene rings is 2. The van der Waals surface area contributed by atoms with Crippen LogP contribution >= 0.6 is 0 Å². The van der Waals surface area contributed by atoms with Crippen molar-refractivity contribution in [3.05, 3.63) is 59.2 Å². The van der Waals surface area contributed by atoms with E-state index in [1.807, 2.05) is 25.1 Å². The average Bonchev–Trinajstić information content (AvgIpc) is 2.60. The monoisotopic (exact) mass is 345 g/mol. The molecule has 126 valence electrons. The van der Waals surface area contributed by atoms with Gasteiger partial charge in [-0.1, -0.05) is 28.9 Å². The van der Waals surface area contributed by atoms with Crippen molar-refractivity contribution in [2.24, 2.45) is 5.16 Å². The molecular weight excluding hydrogens is 326 g/mol. The topological polar surface area (TPSA) is 65.0 Å². The average molecular weight is 345 g/mol. The van der Waals surface area contributed by atoms with Gasteiger partial charge in [-0.2, -0.15) is 8.42 Å². The number of methoxy groups -OCH3 is 1. The van der Waals surface area contributed by atoms with E-state index in [1.165, 1.54) is 12.1 Å². The second-order valence-electron chi connectivity index (χ2n) is 5.76. The Hall–Kier alpha value is -2.34. The van der Waals surface area contributed by atoms with Gasteiger partial charge in [-0.05, 0) is 56.0 Å². The number of hydrogen-bond acceptors (Lipinski definition) is 5. The van der Waals surface area contributed by atoms with Crippen LogP contribution in [0.3, 0.4) is 0 Å². The lowest BCUT2D eigenvalue weighted by atomic mass is 9.90. The van der Waals surface area contributed by atoms with E-state index in [-0.39, 0.29) is 4.90 Å². The van der Waals surface area contributed by atoms with Gasteiger partial charge < -0.3 is 4.74 Å². The first-order valence-electron chi connectivity index (χ1n) is 7.74. The van der Waals surface area contributed by atoms with Crippen molar-refractivity contribution >= 4 is 15.8 Å². The lowest BCUT2D eigenvalue weighted by Crippen LogP contribution is -2.14. The number of hydrogen-bond donors (Lipinski definition) is 0. The van der Waals surface area contributed by atoms with E-state index in [2.05, 4.69) is 5.16 Å². The van der Waals surface area contributed by atoms with Gasteiger partial charge in [0.1, 0.15) is 10.6 Å². The molecule has 2 aromatic rings. The highest BCUT2D eigenvalue weighted by atomic mass is 32.2. The van der Waals surface area contributed by atoms with Crippen LogP contribution in [-0.2, 0) is 20.8 Å². The Morgan fingerprint density at radius 3 is 2.50 bits per heavy atom. The van der Waals surface area contributed by atoms with E-state index in [1.54, 1.807) is 19.2 Å². The molecule has 0 amide bonds. The Morgan fingerprint density at radius 1 is 1.04 bits per heavy atom. The SMILES string of the molecule is COc1ccc2c(c1)C(=NOS(=O)(=O)c1ccc(C)cc1)CCC2. The van der Waals surface area contributed by atoms with E-state index in [0.29, 0.717) is 17.9 Å². The molecule has 0 aromatic heterocycles. The second kappa shape index (κ2) is 6.65. The van der Waals surface area contributed by atoms with Crippen LogP contribution in [0.5, 0.6) is 5.75 Å². The van der Waals surface area contributed by atoms with E-state index < -0.39 is 10.1 Å². The molecular formula is C18H19NO4S. The smallest absolute Gasteiger partial charge is 0.358 e. The first kappa shape index (κ1) is 16.5. The third-order valence-electron chi connectivity index (χ3n) is 4.04. The predicted octanol–water partition coefficient (Wildman–Crippen LogP) is 3.45. The fourth-order valence-corrected chi connectivity index (χ4v) is 3.43. The molecule has 0 heterocycles. The molecule has 0 N–H and O–H groups in total. The van der Waals surface area contributed by atoms with Crippen LogP contribution in [0.4, 0.5) is 0 Å². The van der Waals surface area contributed by atoms with Crippen molar-refractivity contribution in [3.63, 3.8) is 0 Å². The van der Waals surface area contributed by atoms with Crippen LogP contribution in [0.1, 0.15) is 29.5 Å². The summed E-state index contributed by atoms with van der Waals surface area (Å²) in [6.45, 7) is 1.89. The highest BCUT2D eigenvalue weighted by Crippen LogP contribution is 2.26. The molecule has 5 nitrogen and oxygen atoms in total. The third-order valence-corrected chi connectivity index (χ3v) is 5.16. The van der Waals surface area contributed by atoms with Crippen molar-refractivity contribution in [2.75, 3.05) is 7.11 Å². The number of rotatable bonds is 4. The summed E-state index contributed by atoms with van der Waals surface area (Å²) in [6.07, 6.45) is 2.51. The minimum absolute atomic E-state index is 0.0964. The summed E-state index contributed by atoms with van der Waals surface area (Å²) in [7, 11) is -2.32. The molecule has 0 saturated heterocycles. The molecule has 1 aliphatic rings. The summed E-state index contributed by atoms with van der Waals surface area (Å²) in [6, 6.07) is 12.2. The molecule has 3 rings (SSSR count). The molecule has 0 radical (unpaired) electrons. The Labute approximate surface area is 142 Å². The molecule has 1 aliphatic carbocycles.